The van der Waals surface area contributed by atoms with Crippen LogP contribution in [0.3, 0.4) is 0 Å². The molecule has 0 saturated carbocycles. The molecule has 1 aliphatic rings. The van der Waals surface area contributed by atoms with Crippen LogP contribution >= 0.6 is 0 Å². The minimum Gasteiger partial charge on any atom is -0.497 e. The summed E-state index contributed by atoms with van der Waals surface area (Å²) in [6.07, 6.45) is 7.35. The van der Waals surface area contributed by atoms with Crippen LogP contribution in [0, 0.1) is 0 Å². The number of nitrogen functional groups attached to an aromatic ring is 1. The van der Waals surface area contributed by atoms with E-state index in [4.69, 9.17) is 20.2 Å². The summed E-state index contributed by atoms with van der Waals surface area (Å²) in [4.78, 5) is 18.6. The molecule has 5 rings (SSSR count). The van der Waals surface area contributed by atoms with Crippen molar-refractivity contribution in [2.75, 3.05) is 51.0 Å². The van der Waals surface area contributed by atoms with Crippen LogP contribution in [0.15, 0.2) is 60.9 Å². The van der Waals surface area contributed by atoms with Crippen molar-refractivity contribution in [1.29, 1.82) is 0 Å². The average Bonchev–Trinajstić information content (AvgIpc) is 2.93. The number of aromatic nitrogens is 3. The Bertz CT molecular complexity index is 1300. The fourth-order valence-corrected chi connectivity index (χ4v) is 4.64. The van der Waals surface area contributed by atoms with Crippen molar-refractivity contribution in [3.63, 3.8) is 0 Å². The Balaban J connectivity index is 1.53. The Morgan fingerprint density at radius 3 is 2.31 bits per heavy atom. The van der Waals surface area contributed by atoms with Gasteiger partial charge in [-0.15, -0.1) is 0 Å². The number of nitrogens with two attached hydrogens (primary N) is 1. The van der Waals surface area contributed by atoms with Crippen LogP contribution < -0.4 is 20.1 Å². The molecule has 8 nitrogen and oxygen atoms in total. The highest BCUT2D eigenvalue weighted by Crippen LogP contribution is 2.34. The highest BCUT2D eigenvalue weighted by molar-refractivity contribution is 5.82. The van der Waals surface area contributed by atoms with Crippen LogP contribution in [-0.4, -0.2) is 60.3 Å². The second-order valence-electron chi connectivity index (χ2n) is 9.02. The lowest BCUT2D eigenvalue weighted by Gasteiger charge is -2.31. The third-order valence-electron chi connectivity index (χ3n) is 6.66. The molecule has 1 saturated heterocycles. The van der Waals surface area contributed by atoms with Crippen LogP contribution in [0.25, 0.3) is 22.3 Å². The third kappa shape index (κ3) is 5.33. The Morgan fingerprint density at radius 2 is 1.61 bits per heavy atom. The van der Waals surface area contributed by atoms with Gasteiger partial charge in [-0.1, -0.05) is 6.42 Å². The smallest absolute Gasteiger partial charge is 0.124 e. The maximum absolute atomic E-state index is 5.75. The average molecular weight is 485 g/mol. The van der Waals surface area contributed by atoms with Crippen molar-refractivity contribution in [2.24, 2.45) is 0 Å². The zero-order valence-electron chi connectivity index (χ0n) is 20.9. The monoisotopic (exact) mass is 484 g/mol. The summed E-state index contributed by atoms with van der Waals surface area (Å²) >= 11 is 0. The molecule has 36 heavy (non-hydrogen) atoms. The Morgan fingerprint density at radius 1 is 0.833 bits per heavy atom. The minimum atomic E-state index is 0.479. The molecule has 1 aliphatic heterocycles. The highest BCUT2D eigenvalue weighted by Gasteiger charge is 2.17. The van der Waals surface area contributed by atoms with Crippen molar-refractivity contribution in [1.82, 2.24) is 19.9 Å². The van der Waals surface area contributed by atoms with Crippen LogP contribution in [0.4, 0.5) is 17.2 Å². The van der Waals surface area contributed by atoms with E-state index < -0.39 is 0 Å². The summed E-state index contributed by atoms with van der Waals surface area (Å²) in [5, 5.41) is 0. The molecule has 3 heterocycles. The summed E-state index contributed by atoms with van der Waals surface area (Å²) in [6.45, 7) is 4.10. The molecule has 4 aromatic rings. The second-order valence-corrected chi connectivity index (χ2v) is 9.02. The van der Waals surface area contributed by atoms with Gasteiger partial charge in [0.2, 0.25) is 0 Å². The van der Waals surface area contributed by atoms with Crippen molar-refractivity contribution >= 4 is 28.2 Å². The maximum Gasteiger partial charge on any atom is 0.124 e. The fraction of sp³-hybridized carbons (Fsp3) is 0.321. The molecule has 0 radical (unpaired) electrons. The first kappa shape index (κ1) is 23.8. The molecule has 186 valence electrons. The van der Waals surface area contributed by atoms with Gasteiger partial charge in [-0.2, -0.15) is 0 Å². The van der Waals surface area contributed by atoms with Gasteiger partial charge in [-0.05, 0) is 56.3 Å². The molecule has 0 atom stereocenters. The molecule has 0 unspecified atom stereocenters. The third-order valence-corrected chi connectivity index (χ3v) is 6.66. The molecule has 0 bridgehead atoms. The Labute approximate surface area is 211 Å². The minimum absolute atomic E-state index is 0.479. The van der Waals surface area contributed by atoms with Gasteiger partial charge in [0.15, 0.2) is 0 Å². The molecule has 8 heteroatoms. The second kappa shape index (κ2) is 10.8. The van der Waals surface area contributed by atoms with Gasteiger partial charge >= 0.3 is 0 Å². The lowest BCUT2D eigenvalue weighted by Crippen LogP contribution is -2.36. The number of methoxy groups -OCH3 is 2. The molecule has 2 aromatic carbocycles. The molecular weight excluding hydrogens is 452 g/mol. The molecule has 2 aromatic heterocycles. The molecule has 0 amide bonds. The van der Waals surface area contributed by atoms with E-state index in [9.17, 15) is 0 Å². The number of pyridine rings is 1. The van der Waals surface area contributed by atoms with Crippen LogP contribution in [0.5, 0.6) is 11.5 Å². The quantitative estimate of drug-likeness (QED) is 0.377. The van der Waals surface area contributed by atoms with Crippen LogP contribution in [0.2, 0.25) is 0 Å². The summed E-state index contributed by atoms with van der Waals surface area (Å²) in [5.41, 5.74) is 11.1. The number of hydrogen-bond acceptors (Lipinski definition) is 8. The lowest BCUT2D eigenvalue weighted by molar-refractivity contribution is 0.234. The van der Waals surface area contributed by atoms with E-state index in [1.165, 1.54) is 19.3 Å². The van der Waals surface area contributed by atoms with Crippen molar-refractivity contribution in [3.8, 4) is 22.8 Å². The SMILES string of the molecule is COc1cc(OC)cc(N(CCN2CCCCC2)c2ccc3ncc(-c4ccc(N)nc4)nc3c2)c1. The standard InChI is InChI=1S/C28H32N6O2/c1-35-23-14-22(15-24(17-23)36-2)34(13-12-33-10-4-3-5-11-33)21-7-8-25-26(16-21)32-27(19-30-25)20-6-9-28(29)31-18-20/h6-9,14-19H,3-5,10-13H2,1-2H3,(H2,29,31). The van der Waals surface area contributed by atoms with Gasteiger partial charge in [0.05, 0.1) is 37.1 Å². The number of anilines is 3. The van der Waals surface area contributed by atoms with Crippen molar-refractivity contribution in [3.05, 3.63) is 60.9 Å². The first-order chi connectivity index (χ1) is 17.6. The summed E-state index contributed by atoms with van der Waals surface area (Å²) < 4.78 is 11.1. The normalized spacial score (nSPS) is 14.1. The molecule has 0 spiro atoms. The molecular formula is C28H32N6O2. The predicted octanol–water partition coefficient (Wildman–Crippen LogP) is 4.92. The summed E-state index contributed by atoms with van der Waals surface area (Å²) in [7, 11) is 3.35. The first-order valence-electron chi connectivity index (χ1n) is 12.3. The van der Waals surface area contributed by atoms with Crippen LogP contribution in [0.1, 0.15) is 19.3 Å². The number of benzene rings is 2. The van der Waals surface area contributed by atoms with E-state index in [0.717, 1.165) is 71.3 Å². The van der Waals surface area contributed by atoms with Crippen molar-refractivity contribution < 1.29 is 9.47 Å². The van der Waals surface area contributed by atoms with E-state index in [2.05, 4.69) is 31.9 Å². The van der Waals surface area contributed by atoms with Gasteiger partial charge in [-0.25, -0.2) is 9.97 Å². The predicted molar refractivity (Wildman–Crippen MR) is 144 cm³/mol. The molecule has 0 aliphatic carbocycles. The van der Waals surface area contributed by atoms with Gasteiger partial charge in [0.25, 0.3) is 0 Å². The summed E-state index contributed by atoms with van der Waals surface area (Å²) in [5.74, 6) is 1.99. The Kier molecular flexibility index (Phi) is 7.13. The molecule has 2 N–H and O–H groups in total. The number of fused-ring (bicyclic) bond motifs is 1. The van der Waals surface area contributed by atoms with Crippen molar-refractivity contribution in [2.45, 2.75) is 19.3 Å². The van der Waals surface area contributed by atoms with E-state index in [1.54, 1.807) is 32.7 Å². The topological polar surface area (TPSA) is 89.6 Å². The van der Waals surface area contributed by atoms with E-state index in [-0.39, 0.29) is 0 Å². The van der Waals surface area contributed by atoms with Gasteiger partial charge < -0.3 is 25.0 Å². The van der Waals surface area contributed by atoms with E-state index >= 15 is 0 Å². The largest absolute Gasteiger partial charge is 0.497 e. The Hall–Kier alpha value is -3.91. The zero-order chi connectivity index (χ0) is 24.9. The fourth-order valence-electron chi connectivity index (χ4n) is 4.64. The van der Waals surface area contributed by atoms with Gasteiger partial charge in [0, 0.05) is 54.4 Å². The molecule has 1 fully saturated rings. The lowest BCUT2D eigenvalue weighted by atomic mass is 10.1. The summed E-state index contributed by atoms with van der Waals surface area (Å²) in [6, 6.07) is 15.9. The van der Waals surface area contributed by atoms with E-state index in [0.29, 0.717) is 5.82 Å². The number of likely N-dealkylation sites (tertiary alicyclic amines) is 1. The maximum atomic E-state index is 5.75. The highest BCUT2D eigenvalue weighted by atomic mass is 16.5. The number of hydrogen-bond donors (Lipinski definition) is 1. The number of piperidine rings is 1. The van der Waals surface area contributed by atoms with Gasteiger partial charge in [0.1, 0.15) is 17.3 Å². The van der Waals surface area contributed by atoms with E-state index in [1.807, 2.05) is 30.3 Å². The van der Waals surface area contributed by atoms with Crippen LogP contribution in [-0.2, 0) is 0 Å². The first-order valence-corrected chi connectivity index (χ1v) is 12.3. The zero-order valence-corrected chi connectivity index (χ0v) is 20.9. The number of rotatable bonds is 8. The number of nitrogens with zero attached hydrogens (tertiary/aromatic N) is 5. The van der Waals surface area contributed by atoms with Gasteiger partial charge in [-0.3, -0.25) is 4.98 Å². The number of ether oxygens (including phenoxy) is 2.